The van der Waals surface area contributed by atoms with Gasteiger partial charge in [-0.1, -0.05) is 0 Å². The summed E-state index contributed by atoms with van der Waals surface area (Å²) in [6, 6.07) is 0. The van der Waals surface area contributed by atoms with E-state index in [4.69, 9.17) is 4.55 Å². The minimum atomic E-state index is -4.14. The number of rotatable bonds is 3. The van der Waals surface area contributed by atoms with Crippen LogP contribution >= 0.6 is 0 Å². The summed E-state index contributed by atoms with van der Waals surface area (Å²) in [6.07, 6.45) is 2.95. The largest absolute Gasteiger partial charge is 0.285 e. The van der Waals surface area contributed by atoms with Crippen molar-refractivity contribution >= 4 is 21.9 Å². The zero-order valence-corrected chi connectivity index (χ0v) is 10.6. The Morgan fingerprint density at radius 2 is 1.61 bits per heavy atom. The van der Waals surface area contributed by atoms with E-state index in [0.717, 1.165) is 24.2 Å². The fraction of sp³-hybridized carbons (Fsp3) is 0.818. The van der Waals surface area contributed by atoms with Gasteiger partial charge < -0.3 is 0 Å². The molecule has 3 rings (SSSR count). The molecule has 7 heteroatoms. The predicted octanol–water partition coefficient (Wildman–Crippen LogP) is -0.0947. The molecule has 2 aliphatic carbocycles. The summed E-state index contributed by atoms with van der Waals surface area (Å²) in [6.45, 7) is -0.219. The molecule has 1 N–H and O–H groups in total. The Morgan fingerprint density at radius 3 is 2.06 bits per heavy atom. The minimum Gasteiger partial charge on any atom is -0.285 e. The summed E-state index contributed by atoms with van der Waals surface area (Å²) in [5.41, 5.74) is 0. The highest BCUT2D eigenvalue weighted by Crippen LogP contribution is 2.55. The monoisotopic (exact) mass is 273 g/mol. The van der Waals surface area contributed by atoms with Crippen molar-refractivity contribution in [2.75, 3.05) is 12.3 Å². The van der Waals surface area contributed by atoms with Crippen molar-refractivity contribution in [1.82, 2.24) is 4.90 Å². The number of nitrogens with zero attached hydrogens (tertiary/aromatic N) is 1. The SMILES string of the molecule is O=C1C2C3CCC(C3)C2C(=O)N1CCS(=O)(=O)O. The fourth-order valence-corrected chi connectivity index (χ4v) is 4.31. The van der Waals surface area contributed by atoms with Gasteiger partial charge in [0.2, 0.25) is 11.8 Å². The smallest absolute Gasteiger partial charge is 0.266 e. The molecule has 3 aliphatic rings. The highest BCUT2D eigenvalue weighted by molar-refractivity contribution is 7.85. The number of hydrogen-bond acceptors (Lipinski definition) is 4. The van der Waals surface area contributed by atoms with E-state index in [9.17, 15) is 18.0 Å². The van der Waals surface area contributed by atoms with Gasteiger partial charge in [-0.25, -0.2) is 0 Å². The van der Waals surface area contributed by atoms with Crippen molar-refractivity contribution < 1.29 is 22.6 Å². The number of fused-ring (bicyclic) bond motifs is 5. The van der Waals surface area contributed by atoms with Gasteiger partial charge in [0, 0.05) is 6.54 Å². The van der Waals surface area contributed by atoms with Crippen LogP contribution in [0.1, 0.15) is 19.3 Å². The van der Waals surface area contributed by atoms with Crippen molar-refractivity contribution in [2.45, 2.75) is 19.3 Å². The standard InChI is InChI=1S/C11H15NO5S/c13-10-8-6-1-2-7(5-6)9(8)11(14)12(10)3-4-18(15,16)17/h6-9H,1-5H2,(H,15,16,17). The maximum atomic E-state index is 12.1. The highest BCUT2D eigenvalue weighted by Gasteiger charge is 2.60. The lowest BCUT2D eigenvalue weighted by atomic mass is 9.81. The highest BCUT2D eigenvalue weighted by atomic mass is 32.2. The zero-order chi connectivity index (χ0) is 13.1. The number of carbonyl (C=O) groups is 2. The zero-order valence-electron chi connectivity index (χ0n) is 9.78. The van der Waals surface area contributed by atoms with Crippen LogP contribution in [0, 0.1) is 23.7 Å². The topological polar surface area (TPSA) is 91.8 Å². The predicted molar refractivity (Wildman–Crippen MR) is 60.9 cm³/mol. The van der Waals surface area contributed by atoms with Crippen LogP contribution in [0.25, 0.3) is 0 Å². The van der Waals surface area contributed by atoms with Crippen LogP contribution in [0.15, 0.2) is 0 Å². The molecule has 1 saturated heterocycles. The van der Waals surface area contributed by atoms with Gasteiger partial charge in [-0.05, 0) is 31.1 Å². The number of likely N-dealkylation sites (tertiary alicyclic amines) is 1. The van der Waals surface area contributed by atoms with Gasteiger partial charge in [0.1, 0.15) is 0 Å². The Kier molecular flexibility index (Phi) is 2.54. The van der Waals surface area contributed by atoms with E-state index < -0.39 is 15.9 Å². The molecule has 2 amide bonds. The van der Waals surface area contributed by atoms with Crippen LogP contribution in [0.3, 0.4) is 0 Å². The summed E-state index contributed by atoms with van der Waals surface area (Å²) in [5, 5.41) is 0. The quantitative estimate of drug-likeness (QED) is 0.573. The minimum absolute atomic E-state index is 0.219. The maximum Gasteiger partial charge on any atom is 0.266 e. The molecule has 100 valence electrons. The van der Waals surface area contributed by atoms with Crippen molar-refractivity contribution in [3.63, 3.8) is 0 Å². The van der Waals surface area contributed by atoms with Gasteiger partial charge in [0.15, 0.2) is 0 Å². The lowest BCUT2D eigenvalue weighted by Gasteiger charge is -2.19. The summed E-state index contributed by atoms with van der Waals surface area (Å²) in [5.74, 6) is -0.893. The molecular weight excluding hydrogens is 258 g/mol. The number of hydrogen-bond donors (Lipinski definition) is 1. The van der Waals surface area contributed by atoms with Gasteiger partial charge in [-0.2, -0.15) is 8.42 Å². The Balaban J connectivity index is 1.78. The van der Waals surface area contributed by atoms with Crippen LogP contribution in [-0.4, -0.2) is 42.0 Å². The van der Waals surface area contributed by atoms with Crippen LogP contribution in [0.5, 0.6) is 0 Å². The van der Waals surface area contributed by atoms with Gasteiger partial charge in [-0.3, -0.25) is 19.0 Å². The average molecular weight is 273 g/mol. The second-order valence-corrected chi connectivity index (χ2v) is 7.07. The Bertz CT molecular complexity index is 486. The molecule has 0 aromatic rings. The molecule has 6 nitrogen and oxygen atoms in total. The normalized spacial score (nSPS) is 38.6. The molecule has 2 bridgehead atoms. The maximum absolute atomic E-state index is 12.1. The van der Waals surface area contributed by atoms with Crippen LogP contribution < -0.4 is 0 Å². The molecule has 4 unspecified atom stereocenters. The molecule has 1 aliphatic heterocycles. The second kappa shape index (κ2) is 3.77. The first-order chi connectivity index (χ1) is 8.38. The molecule has 0 aromatic carbocycles. The molecule has 2 saturated carbocycles. The molecule has 0 radical (unpaired) electrons. The average Bonchev–Trinajstić information content (AvgIpc) is 2.90. The molecule has 3 fully saturated rings. The lowest BCUT2D eigenvalue weighted by Crippen LogP contribution is -2.36. The number of carbonyl (C=O) groups excluding carboxylic acids is 2. The Morgan fingerprint density at radius 1 is 1.11 bits per heavy atom. The van der Waals surface area contributed by atoms with Gasteiger partial charge in [-0.15, -0.1) is 0 Å². The lowest BCUT2D eigenvalue weighted by molar-refractivity contribution is -0.140. The summed E-state index contributed by atoms with van der Waals surface area (Å²) in [4.78, 5) is 25.3. The van der Waals surface area contributed by atoms with Crippen LogP contribution in [0.2, 0.25) is 0 Å². The van der Waals surface area contributed by atoms with Crippen molar-refractivity contribution in [2.24, 2.45) is 23.7 Å². The first-order valence-electron chi connectivity index (χ1n) is 6.19. The molecule has 0 spiro atoms. The van der Waals surface area contributed by atoms with Crippen molar-refractivity contribution in [1.29, 1.82) is 0 Å². The third kappa shape index (κ3) is 1.68. The van der Waals surface area contributed by atoms with Crippen LogP contribution in [-0.2, 0) is 19.7 Å². The number of amides is 2. The fourth-order valence-electron chi connectivity index (χ4n) is 3.90. The first kappa shape index (κ1) is 12.1. The van der Waals surface area contributed by atoms with Crippen molar-refractivity contribution in [3.8, 4) is 0 Å². The third-order valence-electron chi connectivity index (χ3n) is 4.59. The first-order valence-corrected chi connectivity index (χ1v) is 7.80. The Hall–Kier alpha value is -0.950. The van der Waals surface area contributed by atoms with Crippen LogP contribution in [0.4, 0.5) is 0 Å². The Labute approximate surface area is 105 Å². The van der Waals surface area contributed by atoms with E-state index in [-0.39, 0.29) is 30.2 Å². The van der Waals surface area contributed by atoms with E-state index in [1.807, 2.05) is 0 Å². The van der Waals surface area contributed by atoms with E-state index in [0.29, 0.717) is 11.8 Å². The van der Waals surface area contributed by atoms with Gasteiger partial charge in [0.05, 0.1) is 17.6 Å². The summed E-state index contributed by atoms with van der Waals surface area (Å²) >= 11 is 0. The van der Waals surface area contributed by atoms with E-state index >= 15 is 0 Å². The van der Waals surface area contributed by atoms with Crippen molar-refractivity contribution in [3.05, 3.63) is 0 Å². The number of imide groups is 1. The third-order valence-corrected chi connectivity index (χ3v) is 5.29. The molecule has 0 aromatic heterocycles. The second-order valence-electron chi connectivity index (χ2n) is 5.50. The summed E-state index contributed by atoms with van der Waals surface area (Å²) < 4.78 is 30.1. The molecule has 18 heavy (non-hydrogen) atoms. The summed E-state index contributed by atoms with van der Waals surface area (Å²) in [7, 11) is -4.14. The van der Waals surface area contributed by atoms with E-state index in [2.05, 4.69) is 0 Å². The molecule has 1 heterocycles. The molecular formula is C11H15NO5S. The molecule has 4 atom stereocenters. The van der Waals surface area contributed by atoms with Gasteiger partial charge >= 0.3 is 0 Å². The van der Waals surface area contributed by atoms with E-state index in [1.54, 1.807) is 0 Å². The van der Waals surface area contributed by atoms with E-state index in [1.165, 1.54) is 0 Å². The van der Waals surface area contributed by atoms with Gasteiger partial charge in [0.25, 0.3) is 10.1 Å².